The highest BCUT2D eigenvalue weighted by molar-refractivity contribution is 6.31. The van der Waals surface area contributed by atoms with Crippen molar-refractivity contribution in [1.82, 2.24) is 5.32 Å². The van der Waals surface area contributed by atoms with E-state index < -0.39 is 0 Å². The highest BCUT2D eigenvalue weighted by atomic mass is 35.5. The van der Waals surface area contributed by atoms with Crippen LogP contribution >= 0.6 is 23.2 Å². The van der Waals surface area contributed by atoms with Crippen molar-refractivity contribution in [3.63, 3.8) is 0 Å². The van der Waals surface area contributed by atoms with Gasteiger partial charge in [0.15, 0.2) is 0 Å². The first-order chi connectivity index (χ1) is 9.60. The molecule has 0 heterocycles. The lowest BCUT2D eigenvalue weighted by atomic mass is 10.1. The minimum absolute atomic E-state index is 0.216. The maximum atomic E-state index is 6.27. The highest BCUT2D eigenvalue weighted by Gasteiger charge is 2.08. The maximum absolute atomic E-state index is 6.27. The van der Waals surface area contributed by atoms with Crippen molar-refractivity contribution in [2.24, 2.45) is 0 Å². The Morgan fingerprint density at radius 3 is 2.40 bits per heavy atom. The number of hydrogen-bond donors (Lipinski definition) is 1. The van der Waals surface area contributed by atoms with E-state index in [0.717, 1.165) is 21.9 Å². The molecule has 0 amide bonds. The van der Waals surface area contributed by atoms with E-state index in [-0.39, 0.29) is 6.04 Å². The van der Waals surface area contributed by atoms with Gasteiger partial charge in [-0.1, -0.05) is 41.4 Å². The van der Waals surface area contributed by atoms with Gasteiger partial charge in [-0.15, -0.1) is 0 Å². The van der Waals surface area contributed by atoms with Gasteiger partial charge in [0, 0.05) is 16.1 Å². The molecule has 2 nitrogen and oxygen atoms in total. The monoisotopic (exact) mass is 309 g/mol. The molecule has 0 fully saturated rings. The Hall–Kier alpha value is -1.22. The molecular weight excluding hydrogens is 293 g/mol. The van der Waals surface area contributed by atoms with Crippen molar-refractivity contribution in [2.75, 3.05) is 7.05 Å². The van der Waals surface area contributed by atoms with Gasteiger partial charge in [-0.25, -0.2) is 0 Å². The number of rotatable bonds is 5. The lowest BCUT2D eigenvalue weighted by Gasteiger charge is -2.14. The van der Waals surface area contributed by atoms with Gasteiger partial charge in [0.25, 0.3) is 0 Å². The van der Waals surface area contributed by atoms with E-state index in [9.17, 15) is 0 Å². The molecule has 2 aromatic carbocycles. The van der Waals surface area contributed by atoms with Crippen LogP contribution in [0.4, 0.5) is 0 Å². The summed E-state index contributed by atoms with van der Waals surface area (Å²) in [5.41, 5.74) is 2.13. The van der Waals surface area contributed by atoms with E-state index in [2.05, 4.69) is 12.2 Å². The van der Waals surface area contributed by atoms with Crippen molar-refractivity contribution < 1.29 is 4.74 Å². The Labute approximate surface area is 129 Å². The minimum Gasteiger partial charge on any atom is -0.489 e. The van der Waals surface area contributed by atoms with Crippen LogP contribution in [0, 0.1) is 0 Å². The van der Waals surface area contributed by atoms with Gasteiger partial charge in [0.1, 0.15) is 12.4 Å². The van der Waals surface area contributed by atoms with Gasteiger partial charge < -0.3 is 10.1 Å². The zero-order valence-electron chi connectivity index (χ0n) is 11.5. The lowest BCUT2D eigenvalue weighted by molar-refractivity contribution is 0.306. The molecule has 106 valence electrons. The summed E-state index contributed by atoms with van der Waals surface area (Å²) >= 11 is 12.1. The van der Waals surface area contributed by atoms with E-state index in [1.807, 2.05) is 49.5 Å². The molecule has 1 N–H and O–H groups in total. The molecule has 0 saturated carbocycles. The number of halogens is 2. The molecule has 0 saturated heterocycles. The normalized spacial score (nSPS) is 12.2. The molecule has 2 aromatic rings. The smallest absolute Gasteiger partial charge is 0.121 e. The second-order valence-electron chi connectivity index (χ2n) is 4.61. The van der Waals surface area contributed by atoms with Gasteiger partial charge >= 0.3 is 0 Å². The summed E-state index contributed by atoms with van der Waals surface area (Å²) in [6, 6.07) is 13.6. The highest BCUT2D eigenvalue weighted by Crippen LogP contribution is 2.27. The number of hydrogen-bond acceptors (Lipinski definition) is 2. The summed E-state index contributed by atoms with van der Waals surface area (Å²) in [6.45, 7) is 2.56. The SMILES string of the molecule is CNC(C)c1ccc(OCc2ccc(Cl)cc2)cc1Cl. The van der Waals surface area contributed by atoms with Crippen molar-refractivity contribution in [3.05, 3.63) is 63.6 Å². The molecule has 4 heteroatoms. The molecule has 0 aromatic heterocycles. The van der Waals surface area contributed by atoms with Crippen LogP contribution in [-0.2, 0) is 6.61 Å². The van der Waals surface area contributed by atoms with Gasteiger partial charge in [-0.2, -0.15) is 0 Å². The second-order valence-corrected chi connectivity index (χ2v) is 5.45. The Morgan fingerprint density at radius 1 is 1.10 bits per heavy atom. The van der Waals surface area contributed by atoms with Crippen molar-refractivity contribution >= 4 is 23.2 Å². The first-order valence-electron chi connectivity index (χ1n) is 6.44. The van der Waals surface area contributed by atoms with Crippen LogP contribution in [0.2, 0.25) is 10.0 Å². The van der Waals surface area contributed by atoms with Crippen LogP contribution in [0.1, 0.15) is 24.1 Å². The molecule has 20 heavy (non-hydrogen) atoms. The van der Waals surface area contributed by atoms with Crippen molar-refractivity contribution in [1.29, 1.82) is 0 Å². The summed E-state index contributed by atoms with van der Waals surface area (Å²) in [4.78, 5) is 0. The number of ether oxygens (including phenoxy) is 1. The fraction of sp³-hybridized carbons (Fsp3) is 0.250. The topological polar surface area (TPSA) is 21.3 Å². The fourth-order valence-corrected chi connectivity index (χ4v) is 2.31. The first-order valence-corrected chi connectivity index (χ1v) is 7.19. The summed E-state index contributed by atoms with van der Waals surface area (Å²) in [6.07, 6.45) is 0. The van der Waals surface area contributed by atoms with Crippen LogP contribution in [0.3, 0.4) is 0 Å². The molecule has 1 atom stereocenters. The summed E-state index contributed by atoms with van der Waals surface area (Å²) in [5.74, 6) is 0.761. The van der Waals surface area contributed by atoms with E-state index >= 15 is 0 Å². The van der Waals surface area contributed by atoms with Crippen LogP contribution < -0.4 is 10.1 Å². The predicted molar refractivity (Wildman–Crippen MR) is 84.7 cm³/mol. The third-order valence-corrected chi connectivity index (χ3v) is 3.77. The van der Waals surface area contributed by atoms with Crippen LogP contribution in [0.25, 0.3) is 0 Å². The molecule has 0 aliphatic rings. The maximum Gasteiger partial charge on any atom is 0.121 e. The molecule has 2 rings (SSSR count). The minimum atomic E-state index is 0.216. The van der Waals surface area contributed by atoms with Gasteiger partial charge in [-0.3, -0.25) is 0 Å². The summed E-state index contributed by atoms with van der Waals surface area (Å²) in [5, 5.41) is 4.60. The third kappa shape index (κ3) is 3.89. The molecule has 0 aliphatic carbocycles. The predicted octanol–water partition coefficient (Wildman–Crippen LogP) is 4.85. The van der Waals surface area contributed by atoms with Crippen molar-refractivity contribution in [3.8, 4) is 5.75 Å². The van der Waals surface area contributed by atoms with Crippen molar-refractivity contribution in [2.45, 2.75) is 19.6 Å². The van der Waals surface area contributed by atoms with Gasteiger partial charge in [0.05, 0.1) is 0 Å². The van der Waals surface area contributed by atoms with E-state index in [4.69, 9.17) is 27.9 Å². The lowest BCUT2D eigenvalue weighted by Crippen LogP contribution is -2.12. The average molecular weight is 310 g/mol. The van der Waals surface area contributed by atoms with Gasteiger partial charge in [0.2, 0.25) is 0 Å². The van der Waals surface area contributed by atoms with Gasteiger partial charge in [-0.05, 0) is 49.4 Å². The third-order valence-electron chi connectivity index (χ3n) is 3.19. The Bertz CT molecular complexity index is 569. The number of benzene rings is 2. The summed E-state index contributed by atoms with van der Waals surface area (Å²) in [7, 11) is 1.91. The van der Waals surface area contributed by atoms with Crippen LogP contribution in [-0.4, -0.2) is 7.05 Å². The largest absolute Gasteiger partial charge is 0.489 e. The molecule has 0 radical (unpaired) electrons. The van der Waals surface area contributed by atoms with E-state index in [0.29, 0.717) is 11.6 Å². The van der Waals surface area contributed by atoms with Crippen LogP contribution in [0.15, 0.2) is 42.5 Å². The average Bonchev–Trinajstić information content (AvgIpc) is 2.46. The van der Waals surface area contributed by atoms with E-state index in [1.165, 1.54) is 0 Å². The van der Waals surface area contributed by atoms with Crippen LogP contribution in [0.5, 0.6) is 5.75 Å². The first kappa shape index (κ1) is 15.2. The molecule has 1 unspecified atom stereocenters. The zero-order valence-corrected chi connectivity index (χ0v) is 13.0. The Kier molecular flexibility index (Phi) is 5.30. The zero-order chi connectivity index (χ0) is 14.5. The Morgan fingerprint density at radius 2 is 1.80 bits per heavy atom. The molecule has 0 aliphatic heterocycles. The number of nitrogens with one attached hydrogen (secondary N) is 1. The second kappa shape index (κ2) is 6.98. The quantitative estimate of drug-likeness (QED) is 0.852. The standard InChI is InChI=1S/C16H17Cl2NO/c1-11(19-2)15-8-7-14(9-16(15)18)20-10-12-3-5-13(17)6-4-12/h3-9,11,19H,10H2,1-2H3. The fourth-order valence-electron chi connectivity index (χ4n) is 1.85. The molecule has 0 bridgehead atoms. The molecular formula is C16H17Cl2NO. The van der Waals surface area contributed by atoms with E-state index in [1.54, 1.807) is 0 Å². The molecule has 0 spiro atoms. The summed E-state index contributed by atoms with van der Waals surface area (Å²) < 4.78 is 5.73. The Balaban J connectivity index is 2.03.